The van der Waals surface area contributed by atoms with Crippen molar-refractivity contribution in [2.24, 2.45) is 0 Å². The molecule has 0 radical (unpaired) electrons. The monoisotopic (exact) mass is 291 g/mol. The van der Waals surface area contributed by atoms with E-state index in [1.165, 1.54) is 0 Å². The van der Waals surface area contributed by atoms with Gasteiger partial charge >= 0.3 is 0 Å². The maximum absolute atomic E-state index is 12.8. The predicted octanol–water partition coefficient (Wildman–Crippen LogP) is 2.77. The van der Waals surface area contributed by atoms with Crippen molar-refractivity contribution in [2.45, 2.75) is 33.1 Å². The summed E-state index contributed by atoms with van der Waals surface area (Å²) in [4.78, 5) is 14.6. The second kappa shape index (κ2) is 6.06. The van der Waals surface area contributed by atoms with Crippen LogP contribution in [0.25, 0.3) is 0 Å². The summed E-state index contributed by atoms with van der Waals surface area (Å²) in [6, 6.07) is 4.08. The maximum Gasteiger partial charge on any atom is 0.257 e. The smallest absolute Gasteiger partial charge is 0.257 e. The van der Waals surface area contributed by atoms with Crippen LogP contribution >= 0.6 is 0 Å². The lowest BCUT2D eigenvalue weighted by Crippen LogP contribution is -2.41. The number of hydrogen-bond donors (Lipinski definition) is 0. The Balaban J connectivity index is 2.44. The summed E-state index contributed by atoms with van der Waals surface area (Å²) in [5.41, 5.74) is 2.81. The fourth-order valence-corrected chi connectivity index (χ4v) is 2.57. The van der Waals surface area contributed by atoms with E-state index in [0.29, 0.717) is 37.6 Å². The van der Waals surface area contributed by atoms with Crippen molar-refractivity contribution < 1.29 is 14.3 Å². The molecule has 21 heavy (non-hydrogen) atoms. The molecule has 2 rings (SSSR count). The highest BCUT2D eigenvalue weighted by Gasteiger charge is 2.25. The van der Waals surface area contributed by atoms with Crippen molar-refractivity contribution in [3.63, 3.8) is 0 Å². The van der Waals surface area contributed by atoms with E-state index < -0.39 is 0 Å². The first kappa shape index (κ1) is 15.8. The zero-order valence-electron chi connectivity index (χ0n) is 13.7. The van der Waals surface area contributed by atoms with Crippen LogP contribution in [-0.2, 0) is 10.2 Å². The van der Waals surface area contributed by atoms with E-state index in [2.05, 4.69) is 26.8 Å². The van der Waals surface area contributed by atoms with E-state index in [9.17, 15) is 4.79 Å². The zero-order chi connectivity index (χ0) is 15.6. The summed E-state index contributed by atoms with van der Waals surface area (Å²) in [5, 5.41) is 0. The van der Waals surface area contributed by atoms with E-state index in [1.54, 1.807) is 7.11 Å². The molecule has 1 aliphatic heterocycles. The molecule has 1 fully saturated rings. The van der Waals surface area contributed by atoms with Crippen molar-refractivity contribution in [1.29, 1.82) is 0 Å². The Bertz CT molecular complexity index is 526. The Labute approximate surface area is 127 Å². The largest absolute Gasteiger partial charge is 0.496 e. The highest BCUT2D eigenvalue weighted by atomic mass is 16.5. The van der Waals surface area contributed by atoms with Gasteiger partial charge in [-0.15, -0.1) is 0 Å². The number of nitrogens with zero attached hydrogens (tertiary/aromatic N) is 1. The normalized spacial score (nSPS) is 16.0. The number of amides is 1. The summed E-state index contributed by atoms with van der Waals surface area (Å²) in [7, 11) is 1.62. The van der Waals surface area contributed by atoms with E-state index >= 15 is 0 Å². The van der Waals surface area contributed by atoms with Gasteiger partial charge in [0.1, 0.15) is 5.75 Å². The Morgan fingerprint density at radius 3 is 2.38 bits per heavy atom. The van der Waals surface area contributed by atoms with Crippen LogP contribution < -0.4 is 4.74 Å². The van der Waals surface area contributed by atoms with Crippen LogP contribution in [0.1, 0.15) is 42.3 Å². The Hall–Kier alpha value is -1.55. The van der Waals surface area contributed by atoms with E-state index in [0.717, 1.165) is 11.1 Å². The molecule has 0 N–H and O–H groups in total. The second-order valence-corrected chi connectivity index (χ2v) is 6.53. The van der Waals surface area contributed by atoms with Crippen molar-refractivity contribution in [2.75, 3.05) is 33.4 Å². The van der Waals surface area contributed by atoms with Crippen LogP contribution in [0.2, 0.25) is 0 Å². The van der Waals surface area contributed by atoms with Gasteiger partial charge in [-0.25, -0.2) is 0 Å². The molecule has 0 aromatic heterocycles. The van der Waals surface area contributed by atoms with Gasteiger partial charge < -0.3 is 14.4 Å². The summed E-state index contributed by atoms with van der Waals surface area (Å²) >= 11 is 0. The van der Waals surface area contributed by atoms with Crippen LogP contribution in [0, 0.1) is 6.92 Å². The number of carbonyl (C=O) groups is 1. The molecule has 4 heteroatoms. The zero-order valence-corrected chi connectivity index (χ0v) is 13.7. The minimum Gasteiger partial charge on any atom is -0.496 e. The van der Waals surface area contributed by atoms with Crippen molar-refractivity contribution in [3.05, 3.63) is 28.8 Å². The standard InChI is InChI=1S/C17H25NO3/c1-12-10-13(17(2,3)4)11-14(15(12)20-5)16(19)18-6-8-21-9-7-18/h10-11H,6-9H2,1-5H3. The van der Waals surface area contributed by atoms with Gasteiger partial charge in [0, 0.05) is 13.1 Å². The number of rotatable bonds is 2. The molecule has 1 aromatic rings. The molecular formula is C17H25NO3. The Morgan fingerprint density at radius 1 is 1.24 bits per heavy atom. The summed E-state index contributed by atoms with van der Waals surface area (Å²) in [6.45, 7) is 10.9. The van der Waals surface area contributed by atoms with Gasteiger partial charge in [-0.1, -0.05) is 26.8 Å². The molecule has 0 atom stereocenters. The lowest BCUT2D eigenvalue weighted by molar-refractivity contribution is 0.0300. The van der Waals surface area contributed by atoms with Crippen LogP contribution in [0.3, 0.4) is 0 Å². The van der Waals surface area contributed by atoms with Crippen molar-refractivity contribution in [1.82, 2.24) is 4.90 Å². The minimum absolute atomic E-state index is 0.00291. The SMILES string of the molecule is COc1c(C)cc(C(C)(C)C)cc1C(=O)N1CCOCC1. The molecule has 0 aliphatic carbocycles. The molecule has 1 heterocycles. The average molecular weight is 291 g/mol. The quantitative estimate of drug-likeness (QED) is 0.841. The third-order valence-electron chi connectivity index (χ3n) is 3.87. The Morgan fingerprint density at radius 2 is 1.86 bits per heavy atom. The molecule has 1 saturated heterocycles. The van der Waals surface area contributed by atoms with Crippen LogP contribution in [0.15, 0.2) is 12.1 Å². The highest BCUT2D eigenvalue weighted by Crippen LogP contribution is 2.32. The number of hydrogen-bond acceptors (Lipinski definition) is 3. The summed E-state index contributed by atoms with van der Waals surface area (Å²) in [5.74, 6) is 0.712. The molecule has 0 spiro atoms. The number of methoxy groups -OCH3 is 1. The van der Waals surface area contributed by atoms with E-state index in [1.807, 2.05) is 17.9 Å². The van der Waals surface area contributed by atoms with Gasteiger partial charge in [0.05, 0.1) is 25.9 Å². The number of carbonyl (C=O) groups excluding carboxylic acids is 1. The first-order valence-electron chi connectivity index (χ1n) is 7.40. The first-order chi connectivity index (χ1) is 9.84. The molecule has 4 nitrogen and oxygen atoms in total. The lowest BCUT2D eigenvalue weighted by Gasteiger charge is -2.29. The van der Waals surface area contributed by atoms with Crippen molar-refractivity contribution in [3.8, 4) is 5.75 Å². The van der Waals surface area contributed by atoms with Crippen LogP contribution in [0.4, 0.5) is 0 Å². The molecule has 1 amide bonds. The summed E-state index contributed by atoms with van der Waals surface area (Å²) < 4.78 is 10.8. The lowest BCUT2D eigenvalue weighted by atomic mass is 9.84. The topological polar surface area (TPSA) is 38.8 Å². The minimum atomic E-state index is -0.00291. The Kier molecular flexibility index (Phi) is 4.57. The van der Waals surface area contributed by atoms with Gasteiger partial charge in [-0.3, -0.25) is 4.79 Å². The van der Waals surface area contributed by atoms with Gasteiger partial charge in [-0.2, -0.15) is 0 Å². The molecule has 0 bridgehead atoms. The second-order valence-electron chi connectivity index (χ2n) is 6.53. The van der Waals surface area contributed by atoms with Crippen LogP contribution in [0.5, 0.6) is 5.75 Å². The fourth-order valence-electron chi connectivity index (χ4n) is 2.57. The maximum atomic E-state index is 12.8. The third kappa shape index (κ3) is 3.38. The molecule has 0 saturated carbocycles. The van der Waals surface area contributed by atoms with Gasteiger partial charge in [-0.05, 0) is 29.5 Å². The van der Waals surface area contributed by atoms with Gasteiger partial charge in [0.15, 0.2) is 0 Å². The molecule has 0 unspecified atom stereocenters. The summed E-state index contributed by atoms with van der Waals surface area (Å²) in [6.07, 6.45) is 0. The first-order valence-corrected chi connectivity index (χ1v) is 7.40. The number of morpholine rings is 1. The van der Waals surface area contributed by atoms with Crippen molar-refractivity contribution >= 4 is 5.91 Å². The fraction of sp³-hybridized carbons (Fsp3) is 0.588. The molecule has 1 aliphatic rings. The van der Waals surface area contributed by atoms with Gasteiger partial charge in [0.2, 0.25) is 0 Å². The number of benzene rings is 1. The number of ether oxygens (including phenoxy) is 2. The van der Waals surface area contributed by atoms with E-state index in [4.69, 9.17) is 9.47 Å². The van der Waals surface area contributed by atoms with Crippen LogP contribution in [-0.4, -0.2) is 44.2 Å². The average Bonchev–Trinajstić information content (AvgIpc) is 2.45. The molecule has 116 valence electrons. The predicted molar refractivity (Wildman–Crippen MR) is 83.2 cm³/mol. The highest BCUT2D eigenvalue weighted by molar-refractivity contribution is 5.97. The molecule has 1 aromatic carbocycles. The number of aryl methyl sites for hydroxylation is 1. The molecular weight excluding hydrogens is 266 g/mol. The van der Waals surface area contributed by atoms with Gasteiger partial charge in [0.25, 0.3) is 5.91 Å². The third-order valence-corrected chi connectivity index (χ3v) is 3.87. The van der Waals surface area contributed by atoms with E-state index in [-0.39, 0.29) is 11.3 Å².